The number of rotatable bonds is 6. The topological polar surface area (TPSA) is 37.0 Å². The molecule has 4 heteroatoms. The highest BCUT2D eigenvalue weighted by Gasteiger charge is 2.07. The molecular weight excluding hydrogens is 284 g/mol. The summed E-state index contributed by atoms with van der Waals surface area (Å²) < 4.78 is 5.63. The zero-order chi connectivity index (χ0) is 14.5. The van der Waals surface area contributed by atoms with Crippen molar-refractivity contribution in [2.75, 3.05) is 13.2 Å². The van der Waals surface area contributed by atoms with Gasteiger partial charge in [0.15, 0.2) is 0 Å². The fourth-order valence-corrected chi connectivity index (χ4v) is 2.54. The molecule has 0 radical (unpaired) electrons. The summed E-state index contributed by atoms with van der Waals surface area (Å²) in [6.07, 6.45) is 0. The van der Waals surface area contributed by atoms with Crippen molar-refractivity contribution >= 4 is 22.5 Å². The standard InChI is InChI=1S/C17H17ClN2O/c18-17-14-8-4-5-9-15(14)20-16(17)12-19-10-11-21-13-6-2-1-3-7-13/h1-9,19-20H,10-12H2. The molecule has 3 aromatic rings. The van der Waals surface area contributed by atoms with Gasteiger partial charge in [0.2, 0.25) is 0 Å². The molecule has 21 heavy (non-hydrogen) atoms. The van der Waals surface area contributed by atoms with Gasteiger partial charge < -0.3 is 15.0 Å². The van der Waals surface area contributed by atoms with E-state index in [-0.39, 0.29) is 0 Å². The highest BCUT2D eigenvalue weighted by Crippen LogP contribution is 2.26. The van der Waals surface area contributed by atoms with E-state index in [0.717, 1.165) is 33.9 Å². The van der Waals surface area contributed by atoms with Crippen LogP contribution in [0, 0.1) is 0 Å². The zero-order valence-corrected chi connectivity index (χ0v) is 12.4. The molecule has 0 atom stereocenters. The number of benzene rings is 2. The molecule has 0 aliphatic heterocycles. The van der Waals surface area contributed by atoms with Gasteiger partial charge in [-0.25, -0.2) is 0 Å². The number of hydrogen-bond acceptors (Lipinski definition) is 2. The molecule has 2 N–H and O–H groups in total. The minimum absolute atomic E-state index is 0.627. The molecule has 1 aromatic heterocycles. The van der Waals surface area contributed by atoms with Crippen LogP contribution in [0.4, 0.5) is 0 Å². The van der Waals surface area contributed by atoms with Gasteiger partial charge in [-0.2, -0.15) is 0 Å². The normalized spacial score (nSPS) is 10.9. The van der Waals surface area contributed by atoms with E-state index >= 15 is 0 Å². The van der Waals surface area contributed by atoms with Crippen molar-refractivity contribution in [1.29, 1.82) is 0 Å². The van der Waals surface area contributed by atoms with Crippen LogP contribution in [0.15, 0.2) is 54.6 Å². The molecule has 1 heterocycles. The highest BCUT2D eigenvalue weighted by atomic mass is 35.5. The van der Waals surface area contributed by atoms with Gasteiger partial charge in [0.1, 0.15) is 12.4 Å². The third kappa shape index (κ3) is 3.38. The first kappa shape index (κ1) is 14.0. The lowest BCUT2D eigenvalue weighted by Gasteiger charge is -2.07. The van der Waals surface area contributed by atoms with Gasteiger partial charge in [0, 0.05) is 29.7 Å². The van der Waals surface area contributed by atoms with Crippen molar-refractivity contribution in [1.82, 2.24) is 10.3 Å². The van der Waals surface area contributed by atoms with Crippen molar-refractivity contribution in [3.63, 3.8) is 0 Å². The molecule has 3 nitrogen and oxygen atoms in total. The predicted molar refractivity (Wildman–Crippen MR) is 87.0 cm³/mol. The fraction of sp³-hybridized carbons (Fsp3) is 0.176. The zero-order valence-electron chi connectivity index (χ0n) is 11.6. The summed E-state index contributed by atoms with van der Waals surface area (Å²) in [6, 6.07) is 17.9. The Hall–Kier alpha value is -1.97. The number of para-hydroxylation sites is 2. The van der Waals surface area contributed by atoms with E-state index in [4.69, 9.17) is 16.3 Å². The van der Waals surface area contributed by atoms with Crippen LogP contribution < -0.4 is 10.1 Å². The largest absolute Gasteiger partial charge is 0.492 e. The summed E-state index contributed by atoms with van der Waals surface area (Å²) in [6.45, 7) is 2.09. The van der Waals surface area contributed by atoms with Crippen LogP contribution in [-0.4, -0.2) is 18.1 Å². The smallest absolute Gasteiger partial charge is 0.119 e. The molecule has 0 fully saturated rings. The van der Waals surface area contributed by atoms with Crippen molar-refractivity contribution in [2.24, 2.45) is 0 Å². The number of fused-ring (bicyclic) bond motifs is 1. The summed E-state index contributed by atoms with van der Waals surface area (Å²) in [7, 11) is 0. The van der Waals surface area contributed by atoms with Gasteiger partial charge in [-0.1, -0.05) is 48.0 Å². The van der Waals surface area contributed by atoms with Gasteiger partial charge in [0.25, 0.3) is 0 Å². The van der Waals surface area contributed by atoms with Gasteiger partial charge >= 0.3 is 0 Å². The summed E-state index contributed by atoms with van der Waals surface area (Å²) >= 11 is 6.36. The molecule has 2 aromatic carbocycles. The SMILES string of the molecule is Clc1c(CNCCOc2ccccc2)[nH]c2ccccc12. The summed E-state index contributed by atoms with van der Waals surface area (Å²) in [5.74, 6) is 0.892. The van der Waals surface area contributed by atoms with E-state index in [0.29, 0.717) is 13.2 Å². The summed E-state index contributed by atoms with van der Waals surface area (Å²) in [5, 5.41) is 5.19. The Kier molecular flexibility index (Phi) is 4.43. The van der Waals surface area contributed by atoms with Crippen molar-refractivity contribution in [3.05, 3.63) is 65.3 Å². The van der Waals surface area contributed by atoms with Crippen LogP contribution in [-0.2, 0) is 6.54 Å². The molecule has 0 aliphatic carbocycles. The molecule has 0 unspecified atom stereocenters. The third-order valence-electron chi connectivity index (χ3n) is 3.31. The second kappa shape index (κ2) is 6.66. The van der Waals surface area contributed by atoms with Crippen molar-refractivity contribution in [3.8, 4) is 5.75 Å². The van der Waals surface area contributed by atoms with Crippen LogP contribution in [0.2, 0.25) is 5.02 Å². The molecule has 0 aliphatic rings. The number of H-pyrrole nitrogens is 1. The Bertz CT molecular complexity index is 709. The van der Waals surface area contributed by atoms with E-state index in [1.165, 1.54) is 0 Å². The molecule has 0 saturated heterocycles. The van der Waals surface area contributed by atoms with Crippen molar-refractivity contribution < 1.29 is 4.74 Å². The summed E-state index contributed by atoms with van der Waals surface area (Å²) in [4.78, 5) is 3.34. The third-order valence-corrected chi connectivity index (χ3v) is 3.74. The van der Waals surface area contributed by atoms with E-state index < -0.39 is 0 Å². The lowest BCUT2D eigenvalue weighted by molar-refractivity contribution is 0.313. The molecule has 3 rings (SSSR count). The van der Waals surface area contributed by atoms with Crippen LogP contribution in [0.25, 0.3) is 10.9 Å². The highest BCUT2D eigenvalue weighted by molar-refractivity contribution is 6.36. The van der Waals surface area contributed by atoms with E-state index in [1.807, 2.05) is 54.6 Å². The second-order valence-corrected chi connectivity index (χ2v) is 5.18. The lowest BCUT2D eigenvalue weighted by atomic mass is 10.2. The molecule has 0 spiro atoms. The first-order valence-corrected chi connectivity index (χ1v) is 7.36. The van der Waals surface area contributed by atoms with Crippen molar-refractivity contribution in [2.45, 2.75) is 6.54 Å². The van der Waals surface area contributed by atoms with Gasteiger partial charge in [-0.15, -0.1) is 0 Å². The minimum Gasteiger partial charge on any atom is -0.492 e. The molecule has 108 valence electrons. The van der Waals surface area contributed by atoms with Gasteiger partial charge in [-0.3, -0.25) is 0 Å². The maximum atomic E-state index is 6.36. The number of ether oxygens (including phenoxy) is 1. The number of hydrogen-bond donors (Lipinski definition) is 2. The average molecular weight is 301 g/mol. The Morgan fingerprint density at radius 1 is 1.00 bits per heavy atom. The molecule has 0 saturated carbocycles. The van der Waals surface area contributed by atoms with Crippen LogP contribution in [0.3, 0.4) is 0 Å². The first-order chi connectivity index (χ1) is 10.3. The fourth-order valence-electron chi connectivity index (χ4n) is 2.26. The van der Waals surface area contributed by atoms with E-state index in [1.54, 1.807) is 0 Å². The Labute approximate surface area is 128 Å². The monoisotopic (exact) mass is 300 g/mol. The van der Waals surface area contributed by atoms with Crippen LogP contribution >= 0.6 is 11.6 Å². The van der Waals surface area contributed by atoms with Crippen LogP contribution in [0.5, 0.6) is 5.75 Å². The number of nitrogens with one attached hydrogen (secondary N) is 2. The maximum Gasteiger partial charge on any atom is 0.119 e. The average Bonchev–Trinajstić information content (AvgIpc) is 2.85. The number of halogens is 1. The van der Waals surface area contributed by atoms with Crippen LogP contribution in [0.1, 0.15) is 5.69 Å². The van der Waals surface area contributed by atoms with Gasteiger partial charge in [0.05, 0.1) is 5.02 Å². The molecule has 0 bridgehead atoms. The quantitative estimate of drug-likeness (QED) is 0.675. The Balaban J connectivity index is 1.49. The number of aromatic nitrogens is 1. The van der Waals surface area contributed by atoms with E-state index in [9.17, 15) is 0 Å². The predicted octanol–water partition coefficient (Wildman–Crippen LogP) is 3.99. The van der Waals surface area contributed by atoms with Gasteiger partial charge in [-0.05, 0) is 18.2 Å². The second-order valence-electron chi connectivity index (χ2n) is 4.80. The van der Waals surface area contributed by atoms with E-state index in [2.05, 4.69) is 10.3 Å². The lowest BCUT2D eigenvalue weighted by Crippen LogP contribution is -2.20. The summed E-state index contributed by atoms with van der Waals surface area (Å²) in [5.41, 5.74) is 2.08. The Morgan fingerprint density at radius 3 is 2.57 bits per heavy atom. The maximum absolute atomic E-state index is 6.36. The molecule has 0 amide bonds. The first-order valence-electron chi connectivity index (χ1n) is 6.98. The Morgan fingerprint density at radius 2 is 1.76 bits per heavy atom. The number of aromatic amines is 1. The minimum atomic E-state index is 0.627. The molecular formula is C17H17ClN2O.